The third-order valence-corrected chi connectivity index (χ3v) is 5.53. The largest absolute Gasteiger partial charge is 0.507 e. The molecule has 0 bridgehead atoms. The number of benzene rings is 2. The summed E-state index contributed by atoms with van der Waals surface area (Å²) in [5, 5.41) is 11.0. The number of nitrogens with zero attached hydrogens (tertiary/aromatic N) is 3. The zero-order valence-corrected chi connectivity index (χ0v) is 18.1. The van der Waals surface area contributed by atoms with E-state index in [1.54, 1.807) is 55.0 Å². The molecule has 0 radical (unpaired) electrons. The Morgan fingerprint density at radius 2 is 1.85 bits per heavy atom. The summed E-state index contributed by atoms with van der Waals surface area (Å²) in [6.45, 7) is 5.03. The van der Waals surface area contributed by atoms with E-state index in [1.165, 1.54) is 4.90 Å². The zero-order chi connectivity index (χ0) is 23.2. The highest BCUT2D eigenvalue weighted by molar-refractivity contribution is 6.46. The van der Waals surface area contributed by atoms with Gasteiger partial charge < -0.3 is 19.3 Å². The summed E-state index contributed by atoms with van der Waals surface area (Å²) in [5.74, 6) is -0.826. The molecule has 1 aliphatic rings. The molecule has 0 saturated carbocycles. The van der Waals surface area contributed by atoms with Gasteiger partial charge in [-0.25, -0.2) is 4.98 Å². The number of aliphatic hydroxyl groups excluding tert-OH is 1. The van der Waals surface area contributed by atoms with Gasteiger partial charge in [0.1, 0.15) is 18.1 Å². The molecule has 0 aliphatic carbocycles. The van der Waals surface area contributed by atoms with Crippen LogP contribution in [0.4, 0.5) is 0 Å². The standard InChI is InChI=1S/C26H25N3O4/c1-2-17-33-21-11-9-19(10-12-21)23-22(24(30)20-7-4-3-5-8-20)25(31)26(32)29(23)15-6-14-28-16-13-27-18-28/h2-5,7-13,16,18,23,30H,1,6,14-15,17H2/t23-/m0/s1. The fraction of sp³-hybridized carbons (Fsp3) is 0.192. The van der Waals surface area contributed by atoms with Crippen LogP contribution in [0.3, 0.4) is 0 Å². The predicted octanol–water partition coefficient (Wildman–Crippen LogP) is 3.96. The second kappa shape index (κ2) is 9.99. The van der Waals surface area contributed by atoms with E-state index in [-0.39, 0.29) is 11.3 Å². The van der Waals surface area contributed by atoms with Gasteiger partial charge in [-0.15, -0.1) is 0 Å². The average molecular weight is 444 g/mol. The van der Waals surface area contributed by atoms with Gasteiger partial charge in [-0.05, 0) is 24.1 Å². The molecular formula is C26H25N3O4. The number of Topliss-reactive ketones (excluding diaryl/α,β-unsaturated/α-hetero) is 1. The van der Waals surface area contributed by atoms with Gasteiger partial charge in [0.25, 0.3) is 11.7 Å². The molecule has 2 aromatic carbocycles. The number of ketones is 1. The second-order valence-electron chi connectivity index (χ2n) is 7.68. The van der Waals surface area contributed by atoms with Gasteiger partial charge in [0.05, 0.1) is 17.9 Å². The van der Waals surface area contributed by atoms with Gasteiger partial charge >= 0.3 is 0 Å². The molecule has 1 atom stereocenters. The van der Waals surface area contributed by atoms with Gasteiger partial charge in [0, 0.05) is 31.0 Å². The first-order valence-corrected chi connectivity index (χ1v) is 10.7. The molecule has 1 fully saturated rings. The summed E-state index contributed by atoms with van der Waals surface area (Å²) < 4.78 is 7.47. The molecule has 0 unspecified atom stereocenters. The normalized spacial score (nSPS) is 17.3. The summed E-state index contributed by atoms with van der Waals surface area (Å²) in [6.07, 6.45) is 7.54. The lowest BCUT2D eigenvalue weighted by Crippen LogP contribution is -2.31. The number of aliphatic hydroxyl groups is 1. The Bertz CT molecular complexity index is 1150. The summed E-state index contributed by atoms with van der Waals surface area (Å²) in [4.78, 5) is 31.6. The van der Waals surface area contributed by atoms with Crippen molar-refractivity contribution in [2.45, 2.75) is 19.0 Å². The molecule has 4 rings (SSSR count). The third kappa shape index (κ3) is 4.72. The van der Waals surface area contributed by atoms with Crippen molar-refractivity contribution in [2.24, 2.45) is 0 Å². The maximum Gasteiger partial charge on any atom is 0.295 e. The Balaban J connectivity index is 1.69. The van der Waals surface area contributed by atoms with Crippen molar-refractivity contribution in [3.8, 4) is 5.75 Å². The first kappa shape index (κ1) is 22.1. The highest BCUT2D eigenvalue weighted by atomic mass is 16.5. The lowest BCUT2D eigenvalue weighted by atomic mass is 9.95. The average Bonchev–Trinajstić information content (AvgIpc) is 3.45. The Morgan fingerprint density at radius 1 is 1.09 bits per heavy atom. The highest BCUT2D eigenvalue weighted by Gasteiger charge is 2.45. The Labute approximate surface area is 192 Å². The van der Waals surface area contributed by atoms with E-state index >= 15 is 0 Å². The van der Waals surface area contributed by atoms with Gasteiger partial charge in [-0.2, -0.15) is 0 Å². The minimum Gasteiger partial charge on any atom is -0.507 e. The quantitative estimate of drug-likeness (QED) is 0.234. The monoisotopic (exact) mass is 443 g/mol. The van der Waals surface area contributed by atoms with Crippen molar-refractivity contribution >= 4 is 17.4 Å². The number of hydrogen-bond acceptors (Lipinski definition) is 5. The molecule has 7 nitrogen and oxygen atoms in total. The Hall–Kier alpha value is -4.13. The first-order chi connectivity index (χ1) is 16.1. The minimum atomic E-state index is -0.693. The zero-order valence-electron chi connectivity index (χ0n) is 18.1. The van der Waals surface area contributed by atoms with E-state index in [9.17, 15) is 14.7 Å². The Morgan fingerprint density at radius 3 is 2.52 bits per heavy atom. The van der Waals surface area contributed by atoms with Gasteiger partial charge in [-0.3, -0.25) is 9.59 Å². The molecule has 1 N–H and O–H groups in total. The molecule has 7 heteroatoms. The summed E-state index contributed by atoms with van der Waals surface area (Å²) in [5.41, 5.74) is 1.30. The van der Waals surface area contributed by atoms with Crippen LogP contribution in [0.15, 0.2) is 91.5 Å². The van der Waals surface area contributed by atoms with Crippen LogP contribution < -0.4 is 4.74 Å². The number of ether oxygens (including phenoxy) is 1. The second-order valence-corrected chi connectivity index (χ2v) is 7.68. The number of imidazole rings is 1. The molecule has 3 aromatic rings. The number of amides is 1. The van der Waals surface area contributed by atoms with Crippen LogP contribution in [0.2, 0.25) is 0 Å². The van der Waals surface area contributed by atoms with Crippen molar-refractivity contribution in [2.75, 3.05) is 13.2 Å². The van der Waals surface area contributed by atoms with E-state index < -0.39 is 17.7 Å². The summed E-state index contributed by atoms with van der Waals surface area (Å²) in [7, 11) is 0. The fourth-order valence-electron chi connectivity index (χ4n) is 3.95. The number of rotatable bonds is 9. The van der Waals surface area contributed by atoms with Crippen molar-refractivity contribution in [3.05, 3.63) is 103 Å². The lowest BCUT2D eigenvalue weighted by Gasteiger charge is -2.25. The van der Waals surface area contributed by atoms with Crippen molar-refractivity contribution in [3.63, 3.8) is 0 Å². The van der Waals surface area contributed by atoms with Crippen molar-refractivity contribution < 1.29 is 19.4 Å². The van der Waals surface area contributed by atoms with Crippen LogP contribution in [0, 0.1) is 0 Å². The third-order valence-electron chi connectivity index (χ3n) is 5.53. The van der Waals surface area contributed by atoms with Crippen LogP contribution in [0.5, 0.6) is 5.75 Å². The van der Waals surface area contributed by atoms with Crippen LogP contribution >= 0.6 is 0 Å². The molecule has 1 saturated heterocycles. The van der Waals surface area contributed by atoms with E-state index in [2.05, 4.69) is 11.6 Å². The number of carbonyl (C=O) groups excluding carboxylic acids is 2. The summed E-state index contributed by atoms with van der Waals surface area (Å²) in [6, 6.07) is 15.3. The molecule has 168 valence electrons. The number of carbonyl (C=O) groups is 2. The maximum absolute atomic E-state index is 13.1. The van der Waals surface area contributed by atoms with Gasteiger partial charge in [-0.1, -0.05) is 55.1 Å². The van der Waals surface area contributed by atoms with Crippen LogP contribution in [-0.2, 0) is 16.1 Å². The van der Waals surface area contributed by atoms with Crippen molar-refractivity contribution in [1.82, 2.24) is 14.5 Å². The molecule has 1 aromatic heterocycles. The van der Waals surface area contributed by atoms with E-state index in [0.717, 1.165) is 5.56 Å². The highest BCUT2D eigenvalue weighted by Crippen LogP contribution is 2.39. The lowest BCUT2D eigenvalue weighted by molar-refractivity contribution is -0.139. The van der Waals surface area contributed by atoms with Gasteiger partial charge in [0.15, 0.2) is 0 Å². The predicted molar refractivity (Wildman–Crippen MR) is 124 cm³/mol. The number of hydrogen-bond donors (Lipinski definition) is 1. The Kier molecular flexibility index (Phi) is 6.69. The molecule has 1 amide bonds. The van der Waals surface area contributed by atoms with Gasteiger partial charge in [0.2, 0.25) is 0 Å². The first-order valence-electron chi connectivity index (χ1n) is 10.7. The number of aryl methyl sites for hydroxylation is 1. The molecule has 0 spiro atoms. The molecular weight excluding hydrogens is 418 g/mol. The van der Waals surface area contributed by atoms with E-state index in [0.29, 0.717) is 37.4 Å². The summed E-state index contributed by atoms with van der Waals surface area (Å²) >= 11 is 0. The maximum atomic E-state index is 13.1. The fourth-order valence-corrected chi connectivity index (χ4v) is 3.95. The topological polar surface area (TPSA) is 84.7 Å². The number of likely N-dealkylation sites (tertiary alicyclic amines) is 1. The number of aromatic nitrogens is 2. The smallest absolute Gasteiger partial charge is 0.295 e. The minimum absolute atomic E-state index is 0.0913. The van der Waals surface area contributed by atoms with E-state index in [4.69, 9.17) is 4.74 Å². The molecule has 33 heavy (non-hydrogen) atoms. The van der Waals surface area contributed by atoms with Crippen molar-refractivity contribution in [1.29, 1.82) is 0 Å². The molecule has 1 aliphatic heterocycles. The van der Waals surface area contributed by atoms with Crippen LogP contribution in [0.1, 0.15) is 23.6 Å². The van der Waals surface area contributed by atoms with Crippen LogP contribution in [0.25, 0.3) is 5.76 Å². The van der Waals surface area contributed by atoms with E-state index in [1.807, 2.05) is 29.0 Å². The SMILES string of the molecule is C=CCOc1ccc([C@H]2C(=C(O)c3ccccc3)C(=O)C(=O)N2CCCn2ccnc2)cc1. The molecule has 2 heterocycles. The van der Waals surface area contributed by atoms with Crippen LogP contribution in [-0.4, -0.2) is 44.4 Å².